The molecule has 20 heavy (non-hydrogen) atoms. The lowest BCUT2D eigenvalue weighted by Crippen LogP contribution is -2.32. The Morgan fingerprint density at radius 2 is 2.25 bits per heavy atom. The van der Waals surface area contributed by atoms with E-state index in [2.05, 4.69) is 18.8 Å². The Morgan fingerprint density at radius 3 is 2.80 bits per heavy atom. The first-order valence-corrected chi connectivity index (χ1v) is 7.68. The van der Waals surface area contributed by atoms with Crippen LogP contribution in [0.4, 0.5) is 0 Å². The molecule has 1 fully saturated rings. The van der Waals surface area contributed by atoms with Gasteiger partial charge in [0.2, 0.25) is 0 Å². The van der Waals surface area contributed by atoms with Gasteiger partial charge in [-0.25, -0.2) is 4.98 Å². The first kappa shape index (κ1) is 15.1. The van der Waals surface area contributed by atoms with Gasteiger partial charge in [-0.2, -0.15) is 0 Å². The van der Waals surface area contributed by atoms with Crippen molar-refractivity contribution in [3.63, 3.8) is 0 Å². The molecule has 1 heterocycles. The fraction of sp³-hybridized carbons (Fsp3) is 0.750. The molecule has 1 saturated carbocycles. The largest absolute Gasteiger partial charge is 0.481 e. The van der Waals surface area contributed by atoms with Gasteiger partial charge in [-0.15, -0.1) is 0 Å². The Hall–Kier alpha value is -1.32. The van der Waals surface area contributed by atoms with Crippen LogP contribution in [-0.4, -0.2) is 20.6 Å². The van der Waals surface area contributed by atoms with Crippen molar-refractivity contribution in [2.45, 2.75) is 46.0 Å². The molecule has 3 unspecified atom stereocenters. The second-order valence-electron chi connectivity index (χ2n) is 6.52. The van der Waals surface area contributed by atoms with Crippen molar-refractivity contribution in [1.82, 2.24) is 9.55 Å². The second-order valence-corrected chi connectivity index (χ2v) is 6.52. The Kier molecular flexibility index (Phi) is 4.84. The normalized spacial score (nSPS) is 26.9. The second kappa shape index (κ2) is 6.42. The molecular formula is C16H26N2O2. The van der Waals surface area contributed by atoms with Gasteiger partial charge in [0.1, 0.15) is 5.82 Å². The number of rotatable bonds is 5. The summed E-state index contributed by atoms with van der Waals surface area (Å²) in [6, 6.07) is 0. The van der Waals surface area contributed by atoms with Crippen molar-refractivity contribution in [1.29, 1.82) is 0 Å². The number of aryl methyl sites for hydroxylation is 2. The van der Waals surface area contributed by atoms with Crippen LogP contribution < -0.4 is 0 Å². The zero-order valence-corrected chi connectivity index (χ0v) is 12.7. The Balaban J connectivity index is 2.00. The van der Waals surface area contributed by atoms with Crippen molar-refractivity contribution in [2.75, 3.05) is 0 Å². The molecule has 112 valence electrons. The summed E-state index contributed by atoms with van der Waals surface area (Å²) in [6.07, 6.45) is 8.52. The van der Waals surface area contributed by atoms with E-state index in [9.17, 15) is 9.90 Å². The van der Waals surface area contributed by atoms with Crippen LogP contribution in [0, 0.1) is 23.7 Å². The van der Waals surface area contributed by atoms with E-state index in [1.807, 2.05) is 24.0 Å². The molecule has 0 bridgehead atoms. The van der Waals surface area contributed by atoms with Crippen LogP contribution >= 0.6 is 0 Å². The summed E-state index contributed by atoms with van der Waals surface area (Å²) in [5.74, 6) is 1.91. The first-order chi connectivity index (χ1) is 9.49. The van der Waals surface area contributed by atoms with E-state index < -0.39 is 5.97 Å². The highest BCUT2D eigenvalue weighted by molar-refractivity contribution is 5.70. The molecule has 0 radical (unpaired) electrons. The van der Waals surface area contributed by atoms with Crippen molar-refractivity contribution in [3.05, 3.63) is 18.2 Å². The first-order valence-electron chi connectivity index (χ1n) is 7.68. The lowest BCUT2D eigenvalue weighted by atomic mass is 9.69. The molecule has 0 aliphatic heterocycles. The van der Waals surface area contributed by atoms with Crippen LogP contribution in [0.3, 0.4) is 0 Å². The summed E-state index contributed by atoms with van der Waals surface area (Å²) in [6.45, 7) is 4.50. The molecule has 4 nitrogen and oxygen atoms in total. The topological polar surface area (TPSA) is 55.1 Å². The minimum atomic E-state index is -0.614. The Morgan fingerprint density at radius 1 is 1.50 bits per heavy atom. The Bertz CT molecular complexity index is 453. The van der Waals surface area contributed by atoms with Gasteiger partial charge in [-0.05, 0) is 43.4 Å². The van der Waals surface area contributed by atoms with E-state index in [4.69, 9.17) is 0 Å². The van der Waals surface area contributed by atoms with E-state index in [1.54, 1.807) is 0 Å². The number of imidazole rings is 1. The molecule has 0 saturated heterocycles. The van der Waals surface area contributed by atoms with Crippen molar-refractivity contribution < 1.29 is 9.90 Å². The standard InChI is InChI=1S/C16H26N2O2/c1-11(2)12-4-6-14(16(19)20)13(10-12)5-7-15-17-8-9-18(15)3/h8-9,11-14H,4-7,10H2,1-3H3,(H,19,20). The van der Waals surface area contributed by atoms with Crippen LogP contribution in [0.15, 0.2) is 12.4 Å². The maximum absolute atomic E-state index is 11.4. The van der Waals surface area contributed by atoms with Gasteiger partial charge in [0.25, 0.3) is 0 Å². The Labute approximate surface area is 121 Å². The van der Waals surface area contributed by atoms with E-state index in [1.165, 1.54) is 0 Å². The number of aromatic nitrogens is 2. The molecule has 1 N–H and O–H groups in total. The van der Waals surface area contributed by atoms with E-state index in [0.717, 1.165) is 37.9 Å². The number of hydrogen-bond donors (Lipinski definition) is 1. The van der Waals surface area contributed by atoms with E-state index in [0.29, 0.717) is 17.8 Å². The summed E-state index contributed by atoms with van der Waals surface area (Å²) in [4.78, 5) is 15.8. The maximum atomic E-state index is 11.4. The van der Waals surface area contributed by atoms with Gasteiger partial charge in [0.15, 0.2) is 0 Å². The molecule has 0 spiro atoms. The molecule has 4 heteroatoms. The fourth-order valence-electron chi connectivity index (χ4n) is 3.50. The lowest BCUT2D eigenvalue weighted by molar-refractivity contribution is -0.145. The van der Waals surface area contributed by atoms with E-state index in [-0.39, 0.29) is 5.92 Å². The van der Waals surface area contributed by atoms with Gasteiger partial charge in [-0.3, -0.25) is 4.79 Å². The molecule has 1 aliphatic carbocycles. The van der Waals surface area contributed by atoms with Crippen LogP contribution in [0.2, 0.25) is 0 Å². The molecule has 0 amide bonds. The maximum Gasteiger partial charge on any atom is 0.306 e. The smallest absolute Gasteiger partial charge is 0.306 e. The number of carboxylic acids is 1. The number of carboxylic acid groups (broad SMARTS) is 1. The number of carbonyl (C=O) groups is 1. The summed E-state index contributed by atoms with van der Waals surface area (Å²) < 4.78 is 2.03. The van der Waals surface area contributed by atoms with Gasteiger partial charge in [0.05, 0.1) is 5.92 Å². The van der Waals surface area contributed by atoms with Crippen LogP contribution in [0.5, 0.6) is 0 Å². The van der Waals surface area contributed by atoms with Crippen LogP contribution in [0.1, 0.15) is 45.4 Å². The number of aliphatic carboxylic acids is 1. The predicted octanol–water partition coefficient (Wildman–Crippen LogP) is 3.13. The fourth-order valence-corrected chi connectivity index (χ4v) is 3.50. The van der Waals surface area contributed by atoms with Crippen LogP contribution in [0.25, 0.3) is 0 Å². The highest BCUT2D eigenvalue weighted by Gasteiger charge is 2.35. The van der Waals surface area contributed by atoms with Gasteiger partial charge < -0.3 is 9.67 Å². The van der Waals surface area contributed by atoms with Crippen molar-refractivity contribution in [2.24, 2.45) is 30.7 Å². The average Bonchev–Trinajstić information content (AvgIpc) is 2.81. The van der Waals surface area contributed by atoms with Gasteiger partial charge >= 0.3 is 5.97 Å². The third kappa shape index (κ3) is 3.41. The molecule has 1 aromatic rings. The SMILES string of the molecule is CC(C)C1CCC(C(=O)O)C(CCc2nccn2C)C1. The lowest BCUT2D eigenvalue weighted by Gasteiger charge is -2.36. The quantitative estimate of drug-likeness (QED) is 0.900. The minimum absolute atomic E-state index is 0.162. The summed E-state index contributed by atoms with van der Waals surface area (Å²) in [7, 11) is 1.99. The van der Waals surface area contributed by atoms with E-state index >= 15 is 0 Å². The number of nitrogens with zero attached hydrogens (tertiary/aromatic N) is 2. The minimum Gasteiger partial charge on any atom is -0.481 e. The average molecular weight is 278 g/mol. The summed E-state index contributed by atoms with van der Waals surface area (Å²) in [5.41, 5.74) is 0. The van der Waals surface area contributed by atoms with Crippen molar-refractivity contribution >= 4 is 5.97 Å². The highest BCUT2D eigenvalue weighted by atomic mass is 16.4. The van der Waals surface area contributed by atoms with Gasteiger partial charge in [-0.1, -0.05) is 13.8 Å². The predicted molar refractivity (Wildman–Crippen MR) is 78.3 cm³/mol. The molecular weight excluding hydrogens is 252 g/mol. The molecule has 0 aromatic carbocycles. The van der Waals surface area contributed by atoms with Crippen molar-refractivity contribution in [3.8, 4) is 0 Å². The summed E-state index contributed by atoms with van der Waals surface area (Å²) in [5, 5.41) is 9.42. The monoisotopic (exact) mass is 278 g/mol. The molecule has 1 aliphatic rings. The molecule has 3 atom stereocenters. The summed E-state index contributed by atoms with van der Waals surface area (Å²) >= 11 is 0. The third-order valence-corrected chi connectivity index (χ3v) is 4.94. The highest BCUT2D eigenvalue weighted by Crippen LogP contribution is 2.39. The molecule has 1 aromatic heterocycles. The zero-order valence-electron chi connectivity index (χ0n) is 12.7. The van der Waals surface area contributed by atoms with Crippen LogP contribution in [-0.2, 0) is 18.3 Å². The number of hydrogen-bond acceptors (Lipinski definition) is 2. The molecule has 2 rings (SSSR count). The van der Waals surface area contributed by atoms with Gasteiger partial charge in [0, 0.05) is 25.9 Å². The zero-order chi connectivity index (χ0) is 14.7. The third-order valence-electron chi connectivity index (χ3n) is 4.94.